The molecule has 3 aromatic heterocycles. The van der Waals surface area contributed by atoms with E-state index in [1.807, 2.05) is 18.2 Å². The van der Waals surface area contributed by atoms with Gasteiger partial charge in [0.1, 0.15) is 17.2 Å². The van der Waals surface area contributed by atoms with Crippen molar-refractivity contribution >= 4 is 65.4 Å². The molecule has 0 atom stereocenters. The maximum Gasteiger partial charge on any atom is 0.119 e. The van der Waals surface area contributed by atoms with E-state index in [0.717, 1.165) is 82.7 Å². The first-order valence-electron chi connectivity index (χ1n) is 10.8. The number of nitrogens with one attached hydrogen (secondary N) is 3. The van der Waals surface area contributed by atoms with Crippen LogP contribution in [0.3, 0.4) is 0 Å². The summed E-state index contributed by atoms with van der Waals surface area (Å²) in [6.45, 7) is 0. The van der Waals surface area contributed by atoms with E-state index in [2.05, 4.69) is 51.4 Å². The molecule has 6 heteroatoms. The average molecular weight is 435 g/mol. The minimum absolute atomic E-state index is 0.829. The van der Waals surface area contributed by atoms with Gasteiger partial charge in [-0.2, -0.15) is 0 Å². The Bertz CT molecular complexity index is 1640. The maximum absolute atomic E-state index is 5.55. The van der Waals surface area contributed by atoms with Gasteiger partial charge in [0, 0.05) is 48.9 Å². The Hall–Kier alpha value is -4.32. The highest BCUT2D eigenvalue weighted by Crippen LogP contribution is 2.45. The topological polar surface area (TPSA) is 75.1 Å². The third kappa shape index (κ3) is 2.32. The molecular weight excluding hydrogens is 414 g/mol. The van der Waals surface area contributed by atoms with Crippen molar-refractivity contribution in [3.05, 3.63) is 54.6 Å². The predicted molar refractivity (Wildman–Crippen MR) is 134 cm³/mol. The largest absolute Gasteiger partial charge is 0.497 e. The van der Waals surface area contributed by atoms with Gasteiger partial charge in [0.05, 0.1) is 37.9 Å². The highest BCUT2D eigenvalue weighted by Gasteiger charge is 2.21. The van der Waals surface area contributed by atoms with Crippen molar-refractivity contribution in [1.82, 2.24) is 15.0 Å². The molecule has 0 bridgehead atoms. The fourth-order valence-electron chi connectivity index (χ4n) is 5.24. The fourth-order valence-corrected chi connectivity index (χ4v) is 5.24. The van der Waals surface area contributed by atoms with E-state index in [1.54, 1.807) is 21.3 Å². The average Bonchev–Trinajstić information content (AvgIpc) is 3.52. The van der Waals surface area contributed by atoms with Crippen LogP contribution < -0.4 is 14.2 Å². The van der Waals surface area contributed by atoms with Crippen LogP contribution in [0.1, 0.15) is 0 Å². The molecule has 33 heavy (non-hydrogen) atoms. The molecule has 0 aliphatic heterocycles. The number of hydrogen-bond donors (Lipinski definition) is 3. The van der Waals surface area contributed by atoms with E-state index in [9.17, 15) is 0 Å². The molecule has 4 aromatic carbocycles. The molecule has 162 valence electrons. The van der Waals surface area contributed by atoms with Crippen LogP contribution in [0.25, 0.3) is 65.4 Å². The first kappa shape index (κ1) is 18.3. The molecule has 0 unspecified atom stereocenters. The number of H-pyrrole nitrogens is 3. The Labute approximate surface area is 188 Å². The SMILES string of the molecule is COc1ccc2[nH]c3c(c2c1)c1[nH]c2ccc(OC)cc2c1c1[nH]c2ccc(OC)cc2c31. The number of methoxy groups -OCH3 is 3. The molecule has 0 aliphatic rings. The summed E-state index contributed by atoms with van der Waals surface area (Å²) in [5.41, 5.74) is 6.44. The van der Waals surface area contributed by atoms with E-state index in [4.69, 9.17) is 14.2 Å². The molecule has 0 amide bonds. The Morgan fingerprint density at radius 2 is 0.758 bits per heavy atom. The molecule has 3 N–H and O–H groups in total. The molecular formula is C27H21N3O3. The minimum atomic E-state index is 0.829. The van der Waals surface area contributed by atoms with Crippen LogP contribution in [0.4, 0.5) is 0 Å². The van der Waals surface area contributed by atoms with Crippen LogP contribution in [0, 0.1) is 0 Å². The first-order chi connectivity index (χ1) is 16.2. The van der Waals surface area contributed by atoms with Gasteiger partial charge >= 0.3 is 0 Å². The number of rotatable bonds is 3. The molecule has 7 aromatic rings. The van der Waals surface area contributed by atoms with Gasteiger partial charge in [-0.1, -0.05) is 0 Å². The van der Waals surface area contributed by atoms with Crippen molar-refractivity contribution in [2.24, 2.45) is 0 Å². The zero-order chi connectivity index (χ0) is 22.3. The predicted octanol–water partition coefficient (Wildman–Crippen LogP) is 6.62. The molecule has 0 saturated carbocycles. The minimum Gasteiger partial charge on any atom is -0.497 e. The molecule has 7 rings (SSSR count). The number of fused-ring (bicyclic) bond motifs is 12. The van der Waals surface area contributed by atoms with E-state index in [1.165, 1.54) is 0 Å². The van der Waals surface area contributed by atoms with Gasteiger partial charge < -0.3 is 29.2 Å². The summed E-state index contributed by atoms with van der Waals surface area (Å²) >= 11 is 0. The summed E-state index contributed by atoms with van der Waals surface area (Å²) in [6, 6.07) is 18.5. The highest BCUT2D eigenvalue weighted by molar-refractivity contribution is 6.38. The number of ether oxygens (including phenoxy) is 3. The summed E-state index contributed by atoms with van der Waals surface area (Å²) in [4.78, 5) is 11.1. The smallest absolute Gasteiger partial charge is 0.119 e. The van der Waals surface area contributed by atoms with Crippen LogP contribution in [0.5, 0.6) is 17.2 Å². The summed E-state index contributed by atoms with van der Waals surface area (Å²) < 4.78 is 16.7. The van der Waals surface area contributed by atoms with Crippen molar-refractivity contribution in [2.75, 3.05) is 21.3 Å². The Morgan fingerprint density at radius 3 is 1.03 bits per heavy atom. The Morgan fingerprint density at radius 1 is 0.455 bits per heavy atom. The number of hydrogen-bond acceptors (Lipinski definition) is 3. The second-order valence-corrected chi connectivity index (χ2v) is 8.36. The monoisotopic (exact) mass is 435 g/mol. The van der Waals surface area contributed by atoms with E-state index < -0.39 is 0 Å². The molecule has 0 saturated heterocycles. The summed E-state index contributed by atoms with van der Waals surface area (Å²) in [5, 5.41) is 6.78. The standard InChI is InChI=1S/C27H21N3O3/c1-31-13-4-7-19-16(10-13)22-25(28-19)23-18-12-15(33-3)6-9-21(18)30-27(23)24-17-11-14(32-2)5-8-20(17)29-26(22)24/h4-12,28-30H,1-3H3. The number of aromatic nitrogens is 3. The van der Waals surface area contributed by atoms with Gasteiger partial charge in [0.25, 0.3) is 0 Å². The maximum atomic E-state index is 5.55. The van der Waals surface area contributed by atoms with Gasteiger partial charge in [0.15, 0.2) is 0 Å². The summed E-state index contributed by atoms with van der Waals surface area (Å²) in [6.07, 6.45) is 0. The van der Waals surface area contributed by atoms with E-state index in [0.29, 0.717) is 0 Å². The third-order valence-electron chi connectivity index (χ3n) is 6.77. The van der Waals surface area contributed by atoms with Crippen molar-refractivity contribution < 1.29 is 14.2 Å². The highest BCUT2D eigenvalue weighted by atomic mass is 16.5. The molecule has 0 aliphatic carbocycles. The van der Waals surface area contributed by atoms with Crippen LogP contribution in [-0.4, -0.2) is 36.3 Å². The van der Waals surface area contributed by atoms with Crippen LogP contribution in [-0.2, 0) is 0 Å². The van der Waals surface area contributed by atoms with Gasteiger partial charge in [0.2, 0.25) is 0 Å². The summed E-state index contributed by atoms with van der Waals surface area (Å²) in [5.74, 6) is 2.49. The lowest BCUT2D eigenvalue weighted by molar-refractivity contribution is 0.415. The van der Waals surface area contributed by atoms with Crippen LogP contribution >= 0.6 is 0 Å². The van der Waals surface area contributed by atoms with Crippen molar-refractivity contribution in [2.45, 2.75) is 0 Å². The second-order valence-electron chi connectivity index (χ2n) is 8.36. The Kier molecular flexibility index (Phi) is 3.52. The van der Waals surface area contributed by atoms with Gasteiger partial charge in [-0.15, -0.1) is 0 Å². The molecule has 3 heterocycles. The lowest BCUT2D eigenvalue weighted by Crippen LogP contribution is -1.82. The van der Waals surface area contributed by atoms with E-state index >= 15 is 0 Å². The van der Waals surface area contributed by atoms with Crippen molar-refractivity contribution in [3.8, 4) is 17.2 Å². The lowest BCUT2D eigenvalue weighted by Gasteiger charge is -2.03. The second kappa shape index (κ2) is 6.36. The van der Waals surface area contributed by atoms with Gasteiger partial charge in [-0.25, -0.2) is 0 Å². The normalized spacial score (nSPS) is 12.1. The van der Waals surface area contributed by atoms with Crippen molar-refractivity contribution in [1.29, 1.82) is 0 Å². The number of benzene rings is 4. The molecule has 6 nitrogen and oxygen atoms in total. The summed E-state index contributed by atoms with van der Waals surface area (Å²) in [7, 11) is 5.10. The lowest BCUT2D eigenvalue weighted by atomic mass is 10.0. The first-order valence-corrected chi connectivity index (χ1v) is 10.8. The van der Waals surface area contributed by atoms with Crippen LogP contribution in [0.2, 0.25) is 0 Å². The van der Waals surface area contributed by atoms with Crippen molar-refractivity contribution in [3.63, 3.8) is 0 Å². The third-order valence-corrected chi connectivity index (χ3v) is 6.77. The van der Waals surface area contributed by atoms with Gasteiger partial charge in [-0.3, -0.25) is 0 Å². The number of aromatic amines is 3. The van der Waals surface area contributed by atoms with Gasteiger partial charge in [-0.05, 0) is 54.6 Å². The van der Waals surface area contributed by atoms with Crippen LogP contribution in [0.15, 0.2) is 54.6 Å². The molecule has 0 spiro atoms. The zero-order valence-corrected chi connectivity index (χ0v) is 18.4. The van der Waals surface area contributed by atoms with E-state index in [-0.39, 0.29) is 0 Å². The molecule has 0 radical (unpaired) electrons. The fraction of sp³-hybridized carbons (Fsp3) is 0.111. The molecule has 0 fully saturated rings. The quantitative estimate of drug-likeness (QED) is 0.292. The zero-order valence-electron chi connectivity index (χ0n) is 18.4. The Balaban J connectivity index is 1.82.